The van der Waals surface area contributed by atoms with E-state index in [1.54, 1.807) is 0 Å². The summed E-state index contributed by atoms with van der Waals surface area (Å²) in [6, 6.07) is 5.02. The maximum Gasteiger partial charge on any atom is 0.158 e. The Hall–Kier alpha value is -1.68. The fourth-order valence-electron chi connectivity index (χ4n) is 2.84. The molecule has 2 heterocycles. The second-order valence-corrected chi connectivity index (χ2v) is 6.50. The smallest absolute Gasteiger partial charge is 0.158 e. The Labute approximate surface area is 125 Å². The highest BCUT2D eigenvalue weighted by atomic mass is 15.3. The topological polar surface area (TPSA) is 42.7 Å². The fourth-order valence-corrected chi connectivity index (χ4v) is 2.84. The van der Waals surface area contributed by atoms with E-state index in [-0.39, 0.29) is 0 Å². The van der Waals surface area contributed by atoms with Gasteiger partial charge in [-0.3, -0.25) is 0 Å². The molecule has 4 heteroatoms. The first-order valence-corrected chi connectivity index (χ1v) is 7.97. The quantitative estimate of drug-likeness (QED) is 0.916. The SMILES string of the molecule is Cc1cc(C)c(CNC2CC2)c(-n2ccc(C3CC3)n2)n1. The first-order valence-electron chi connectivity index (χ1n) is 7.97. The molecular formula is C17H22N4. The van der Waals surface area contributed by atoms with E-state index in [0.29, 0.717) is 12.0 Å². The molecule has 0 amide bonds. The van der Waals surface area contributed by atoms with Crippen molar-refractivity contribution in [2.45, 2.75) is 58.0 Å². The molecular weight excluding hydrogens is 260 g/mol. The van der Waals surface area contributed by atoms with Crippen molar-refractivity contribution >= 4 is 0 Å². The van der Waals surface area contributed by atoms with Gasteiger partial charge >= 0.3 is 0 Å². The Morgan fingerprint density at radius 2 is 2.05 bits per heavy atom. The van der Waals surface area contributed by atoms with Crippen molar-refractivity contribution in [1.82, 2.24) is 20.1 Å². The lowest BCUT2D eigenvalue weighted by Crippen LogP contribution is -2.19. The summed E-state index contributed by atoms with van der Waals surface area (Å²) in [5.74, 6) is 1.68. The van der Waals surface area contributed by atoms with E-state index in [1.165, 1.54) is 42.5 Å². The minimum absolute atomic E-state index is 0.685. The number of aromatic nitrogens is 3. The van der Waals surface area contributed by atoms with E-state index in [1.807, 2.05) is 4.68 Å². The molecule has 4 nitrogen and oxygen atoms in total. The standard InChI is InChI=1S/C17H22N4/c1-11-9-12(2)19-17(15(11)10-18-14-5-6-14)21-8-7-16(20-21)13-3-4-13/h7-9,13-14,18H,3-6,10H2,1-2H3. The van der Waals surface area contributed by atoms with Crippen LogP contribution in [0.15, 0.2) is 18.3 Å². The van der Waals surface area contributed by atoms with Gasteiger partial charge in [0.05, 0.1) is 5.69 Å². The molecule has 2 fully saturated rings. The van der Waals surface area contributed by atoms with Crippen LogP contribution in [0.5, 0.6) is 0 Å². The highest BCUT2D eigenvalue weighted by Gasteiger charge is 2.26. The van der Waals surface area contributed by atoms with Crippen LogP contribution >= 0.6 is 0 Å². The van der Waals surface area contributed by atoms with Crippen LogP contribution in [0.3, 0.4) is 0 Å². The number of rotatable bonds is 5. The van der Waals surface area contributed by atoms with Crippen molar-refractivity contribution in [3.8, 4) is 5.82 Å². The molecule has 2 aromatic rings. The Kier molecular flexibility index (Phi) is 3.07. The first-order chi connectivity index (χ1) is 10.2. The van der Waals surface area contributed by atoms with Crippen LogP contribution in [0.2, 0.25) is 0 Å². The molecule has 0 saturated heterocycles. The summed E-state index contributed by atoms with van der Waals surface area (Å²) in [6.45, 7) is 5.12. The third kappa shape index (κ3) is 2.72. The summed E-state index contributed by atoms with van der Waals surface area (Å²) in [6.07, 6.45) is 7.25. The average Bonchev–Trinajstić information content (AvgIpc) is 3.37. The fraction of sp³-hybridized carbons (Fsp3) is 0.529. The van der Waals surface area contributed by atoms with E-state index < -0.39 is 0 Å². The first kappa shape index (κ1) is 13.0. The van der Waals surface area contributed by atoms with E-state index in [4.69, 9.17) is 10.1 Å². The summed E-state index contributed by atoms with van der Waals surface area (Å²) in [5, 5.41) is 8.36. The zero-order valence-corrected chi connectivity index (χ0v) is 12.8. The third-order valence-corrected chi connectivity index (χ3v) is 4.42. The Bertz CT molecular complexity index is 665. The molecule has 2 saturated carbocycles. The van der Waals surface area contributed by atoms with Gasteiger partial charge in [-0.1, -0.05) is 0 Å². The van der Waals surface area contributed by atoms with Crippen molar-refractivity contribution < 1.29 is 0 Å². The van der Waals surface area contributed by atoms with Gasteiger partial charge in [-0.2, -0.15) is 5.10 Å². The summed E-state index contributed by atoms with van der Waals surface area (Å²) >= 11 is 0. The van der Waals surface area contributed by atoms with Crippen molar-refractivity contribution in [2.75, 3.05) is 0 Å². The molecule has 0 radical (unpaired) electrons. The van der Waals surface area contributed by atoms with Gasteiger partial charge < -0.3 is 5.32 Å². The van der Waals surface area contributed by atoms with Crippen molar-refractivity contribution in [3.63, 3.8) is 0 Å². The van der Waals surface area contributed by atoms with Crippen LogP contribution in [0.4, 0.5) is 0 Å². The molecule has 0 unspecified atom stereocenters. The number of nitrogens with one attached hydrogen (secondary N) is 1. The molecule has 0 aromatic carbocycles. The Morgan fingerprint density at radius 1 is 1.24 bits per heavy atom. The zero-order chi connectivity index (χ0) is 14.4. The second-order valence-electron chi connectivity index (χ2n) is 6.50. The molecule has 0 spiro atoms. The van der Waals surface area contributed by atoms with Gasteiger partial charge in [0.25, 0.3) is 0 Å². The third-order valence-electron chi connectivity index (χ3n) is 4.42. The molecule has 4 rings (SSSR count). The molecule has 2 aliphatic rings. The van der Waals surface area contributed by atoms with Crippen LogP contribution in [-0.2, 0) is 6.54 Å². The van der Waals surface area contributed by atoms with E-state index >= 15 is 0 Å². The van der Waals surface area contributed by atoms with E-state index in [0.717, 1.165) is 18.1 Å². The zero-order valence-electron chi connectivity index (χ0n) is 12.8. The molecule has 2 aromatic heterocycles. The Morgan fingerprint density at radius 3 is 2.76 bits per heavy atom. The van der Waals surface area contributed by atoms with Crippen molar-refractivity contribution in [3.05, 3.63) is 40.8 Å². The van der Waals surface area contributed by atoms with Crippen LogP contribution in [-0.4, -0.2) is 20.8 Å². The molecule has 110 valence electrons. The van der Waals surface area contributed by atoms with Crippen LogP contribution < -0.4 is 5.32 Å². The van der Waals surface area contributed by atoms with Crippen molar-refractivity contribution in [2.24, 2.45) is 0 Å². The minimum atomic E-state index is 0.685. The molecule has 2 aliphatic carbocycles. The van der Waals surface area contributed by atoms with Crippen LogP contribution in [0.1, 0.15) is 54.1 Å². The predicted molar refractivity (Wildman–Crippen MR) is 82.7 cm³/mol. The monoisotopic (exact) mass is 282 g/mol. The van der Waals surface area contributed by atoms with Gasteiger partial charge in [-0.05, 0) is 57.2 Å². The summed E-state index contributed by atoms with van der Waals surface area (Å²) in [5.41, 5.74) is 4.85. The summed E-state index contributed by atoms with van der Waals surface area (Å²) < 4.78 is 1.97. The van der Waals surface area contributed by atoms with E-state index in [2.05, 4.69) is 37.5 Å². The number of pyridine rings is 1. The molecule has 0 aliphatic heterocycles. The van der Waals surface area contributed by atoms with Gasteiger partial charge in [0.1, 0.15) is 0 Å². The lowest BCUT2D eigenvalue weighted by atomic mass is 10.1. The maximum absolute atomic E-state index is 4.76. The number of hydrogen-bond donors (Lipinski definition) is 1. The molecule has 0 bridgehead atoms. The summed E-state index contributed by atoms with van der Waals surface area (Å²) in [4.78, 5) is 4.76. The number of hydrogen-bond acceptors (Lipinski definition) is 3. The lowest BCUT2D eigenvalue weighted by Gasteiger charge is -2.13. The average molecular weight is 282 g/mol. The number of nitrogens with zero attached hydrogens (tertiary/aromatic N) is 3. The molecule has 0 atom stereocenters. The largest absolute Gasteiger partial charge is 0.310 e. The van der Waals surface area contributed by atoms with Gasteiger partial charge in [0.15, 0.2) is 5.82 Å². The molecule has 1 N–H and O–H groups in total. The minimum Gasteiger partial charge on any atom is -0.310 e. The highest BCUT2D eigenvalue weighted by molar-refractivity contribution is 5.41. The predicted octanol–water partition coefficient (Wildman–Crippen LogP) is 3.01. The van der Waals surface area contributed by atoms with Crippen LogP contribution in [0.25, 0.3) is 5.82 Å². The van der Waals surface area contributed by atoms with Crippen molar-refractivity contribution in [1.29, 1.82) is 0 Å². The maximum atomic E-state index is 4.76. The van der Waals surface area contributed by atoms with Gasteiger partial charge in [-0.25, -0.2) is 9.67 Å². The van der Waals surface area contributed by atoms with Gasteiger partial charge in [0.2, 0.25) is 0 Å². The van der Waals surface area contributed by atoms with Crippen LogP contribution in [0, 0.1) is 13.8 Å². The van der Waals surface area contributed by atoms with E-state index in [9.17, 15) is 0 Å². The normalized spacial score (nSPS) is 18.2. The highest BCUT2D eigenvalue weighted by Crippen LogP contribution is 2.39. The van der Waals surface area contributed by atoms with Gasteiger partial charge in [-0.15, -0.1) is 0 Å². The lowest BCUT2D eigenvalue weighted by molar-refractivity contribution is 0.671. The Balaban J connectivity index is 1.69. The summed E-state index contributed by atoms with van der Waals surface area (Å²) in [7, 11) is 0. The number of aryl methyl sites for hydroxylation is 2. The molecule has 21 heavy (non-hydrogen) atoms. The second kappa shape index (κ2) is 4.95. The van der Waals surface area contributed by atoms with Gasteiger partial charge in [0, 0.05) is 36.0 Å².